The second kappa shape index (κ2) is 5.69. The number of rotatable bonds is 2. The molecule has 0 radical (unpaired) electrons. The Morgan fingerprint density at radius 2 is 2.00 bits per heavy atom. The average molecular weight is 364 g/mol. The number of carbonyl (C=O) groups excluding carboxylic acids is 1. The van der Waals surface area contributed by atoms with Crippen LogP contribution >= 0.6 is 11.8 Å². The van der Waals surface area contributed by atoms with Crippen LogP contribution < -0.4 is 14.5 Å². The Hall–Kier alpha value is -1.63. The van der Waals surface area contributed by atoms with Crippen LogP contribution in [0.2, 0.25) is 0 Å². The van der Waals surface area contributed by atoms with E-state index in [-0.39, 0.29) is 18.0 Å². The third kappa shape index (κ3) is 2.24. The number of halogens is 1. The zero-order valence-corrected chi connectivity index (χ0v) is 14.9. The van der Waals surface area contributed by atoms with Crippen LogP contribution in [0.1, 0.15) is 26.2 Å². The van der Waals surface area contributed by atoms with Crippen molar-refractivity contribution in [1.29, 1.82) is 0 Å². The second-order valence-electron chi connectivity index (χ2n) is 7.18. The molecule has 2 unspecified atom stereocenters. The highest BCUT2D eigenvalue weighted by Crippen LogP contribution is 2.46. The fraction of sp³-hybridized carbons (Fsp3) is 0.611. The smallest absolute Gasteiger partial charge is 0.415 e. The number of ether oxygens (including phenoxy) is 2. The van der Waals surface area contributed by atoms with Crippen LogP contribution in [0.25, 0.3) is 0 Å². The summed E-state index contributed by atoms with van der Waals surface area (Å²) >= 11 is 1.96. The van der Waals surface area contributed by atoms with Crippen LogP contribution in [0.5, 0.6) is 5.75 Å². The average Bonchev–Trinajstić information content (AvgIpc) is 3.07. The van der Waals surface area contributed by atoms with Crippen LogP contribution in [0.3, 0.4) is 0 Å². The van der Waals surface area contributed by atoms with Gasteiger partial charge < -0.3 is 14.4 Å². The molecule has 3 fully saturated rings. The van der Waals surface area contributed by atoms with Crippen LogP contribution in [0.15, 0.2) is 12.1 Å². The molecular weight excluding hydrogens is 343 g/mol. The van der Waals surface area contributed by atoms with Gasteiger partial charge in [-0.25, -0.2) is 9.18 Å². The SMILES string of the molecule is CC[C@@H]1OC(=O)N2c3cc(F)c(N4C5CCC4CSC5)cc3OC[C@@H]12. The van der Waals surface area contributed by atoms with Gasteiger partial charge in [0.1, 0.15) is 30.3 Å². The van der Waals surface area contributed by atoms with E-state index in [1.54, 1.807) is 11.0 Å². The van der Waals surface area contributed by atoms with Crippen molar-refractivity contribution in [2.75, 3.05) is 27.9 Å². The van der Waals surface area contributed by atoms with Crippen molar-refractivity contribution < 1.29 is 18.7 Å². The lowest BCUT2D eigenvalue weighted by atomic mass is 10.1. The van der Waals surface area contributed by atoms with Gasteiger partial charge in [0.2, 0.25) is 0 Å². The summed E-state index contributed by atoms with van der Waals surface area (Å²) in [6.07, 6.45) is 2.36. The molecule has 0 aromatic heterocycles. The maximum absolute atomic E-state index is 15.0. The zero-order chi connectivity index (χ0) is 17.1. The van der Waals surface area contributed by atoms with E-state index in [0.717, 1.165) is 30.8 Å². The van der Waals surface area contributed by atoms with E-state index in [9.17, 15) is 4.79 Å². The highest BCUT2D eigenvalue weighted by molar-refractivity contribution is 7.99. The predicted octanol–water partition coefficient (Wildman–Crippen LogP) is 3.41. The molecule has 0 saturated carbocycles. The van der Waals surface area contributed by atoms with Gasteiger partial charge in [-0.2, -0.15) is 11.8 Å². The monoisotopic (exact) mass is 364 g/mol. The number of fused-ring (bicyclic) bond motifs is 5. The summed E-state index contributed by atoms with van der Waals surface area (Å²) < 4.78 is 26.4. The molecular formula is C18H21FN2O3S. The number of hydrogen-bond donors (Lipinski definition) is 0. The maximum atomic E-state index is 15.0. The van der Waals surface area contributed by atoms with Crippen LogP contribution in [-0.4, -0.2) is 48.4 Å². The molecule has 3 saturated heterocycles. The second-order valence-corrected chi connectivity index (χ2v) is 8.25. The minimum Gasteiger partial charge on any atom is -0.489 e. The lowest BCUT2D eigenvalue weighted by Crippen LogP contribution is -2.45. The van der Waals surface area contributed by atoms with E-state index in [1.165, 1.54) is 6.07 Å². The Morgan fingerprint density at radius 1 is 1.24 bits per heavy atom. The first-order valence-corrected chi connectivity index (χ1v) is 10.1. The summed E-state index contributed by atoms with van der Waals surface area (Å²) in [6, 6.07) is 3.87. The number of hydrogen-bond acceptors (Lipinski definition) is 5. The Bertz CT molecular complexity index is 715. The molecule has 1 aromatic rings. The van der Waals surface area contributed by atoms with Gasteiger partial charge in [-0.15, -0.1) is 0 Å². The molecule has 4 heterocycles. The molecule has 134 valence electrons. The van der Waals surface area contributed by atoms with Crippen LogP contribution in [0, 0.1) is 5.82 Å². The van der Waals surface area contributed by atoms with Crippen molar-refractivity contribution in [2.45, 2.75) is 50.4 Å². The molecule has 4 aliphatic heterocycles. The van der Waals surface area contributed by atoms with Crippen molar-refractivity contribution in [3.63, 3.8) is 0 Å². The lowest BCUT2D eigenvalue weighted by Gasteiger charge is -2.38. The number of benzene rings is 1. The van der Waals surface area contributed by atoms with E-state index in [1.807, 2.05) is 18.7 Å². The summed E-state index contributed by atoms with van der Waals surface area (Å²) in [5, 5.41) is 0. The summed E-state index contributed by atoms with van der Waals surface area (Å²) in [5.41, 5.74) is 1.11. The topological polar surface area (TPSA) is 42.0 Å². The molecule has 25 heavy (non-hydrogen) atoms. The number of nitrogens with zero attached hydrogens (tertiary/aromatic N) is 2. The number of amides is 1. The van der Waals surface area contributed by atoms with Crippen molar-refractivity contribution in [2.24, 2.45) is 0 Å². The van der Waals surface area contributed by atoms with E-state index in [2.05, 4.69) is 4.90 Å². The Balaban J connectivity index is 1.54. The van der Waals surface area contributed by atoms with E-state index >= 15 is 4.39 Å². The molecule has 4 aliphatic rings. The third-order valence-corrected chi connectivity index (χ3v) is 7.07. The Morgan fingerprint density at radius 3 is 2.72 bits per heavy atom. The van der Waals surface area contributed by atoms with E-state index in [4.69, 9.17) is 9.47 Å². The molecule has 0 aliphatic carbocycles. The van der Waals surface area contributed by atoms with Gasteiger partial charge in [0.25, 0.3) is 0 Å². The molecule has 5 nitrogen and oxygen atoms in total. The number of cyclic esters (lactones) is 1. The molecule has 1 amide bonds. The summed E-state index contributed by atoms with van der Waals surface area (Å²) in [7, 11) is 0. The Labute approximate surface area is 150 Å². The third-order valence-electron chi connectivity index (χ3n) is 5.83. The van der Waals surface area contributed by atoms with Gasteiger partial charge in [-0.3, -0.25) is 4.90 Å². The van der Waals surface area contributed by atoms with E-state index in [0.29, 0.717) is 35.8 Å². The van der Waals surface area contributed by atoms with Gasteiger partial charge >= 0.3 is 6.09 Å². The molecule has 4 atom stereocenters. The first-order chi connectivity index (χ1) is 12.2. The fourth-order valence-electron chi connectivity index (χ4n) is 4.61. The van der Waals surface area contributed by atoms with Crippen molar-refractivity contribution in [3.05, 3.63) is 17.9 Å². The summed E-state index contributed by atoms with van der Waals surface area (Å²) in [5.74, 6) is 2.40. The zero-order valence-electron chi connectivity index (χ0n) is 14.1. The van der Waals surface area contributed by atoms with Gasteiger partial charge in [0.05, 0.1) is 11.4 Å². The van der Waals surface area contributed by atoms with Crippen molar-refractivity contribution >= 4 is 29.2 Å². The molecule has 5 rings (SSSR count). The quantitative estimate of drug-likeness (QED) is 0.805. The predicted molar refractivity (Wildman–Crippen MR) is 95.3 cm³/mol. The van der Waals surface area contributed by atoms with Gasteiger partial charge in [-0.05, 0) is 19.3 Å². The summed E-state index contributed by atoms with van der Waals surface area (Å²) in [6.45, 7) is 2.37. The number of carbonyl (C=O) groups is 1. The first-order valence-electron chi connectivity index (χ1n) is 8.99. The van der Waals surface area contributed by atoms with Gasteiger partial charge in [0.15, 0.2) is 0 Å². The van der Waals surface area contributed by atoms with Crippen LogP contribution in [0.4, 0.5) is 20.6 Å². The fourth-order valence-corrected chi connectivity index (χ4v) is 5.95. The van der Waals surface area contributed by atoms with E-state index < -0.39 is 6.09 Å². The molecule has 2 bridgehead atoms. The van der Waals surface area contributed by atoms with Gasteiger partial charge in [0, 0.05) is 35.7 Å². The summed E-state index contributed by atoms with van der Waals surface area (Å²) in [4.78, 5) is 16.1. The molecule has 1 aromatic carbocycles. The molecule has 0 spiro atoms. The number of anilines is 2. The standard InChI is InChI=1S/C18H21FN2O3S/c1-2-16-15-7-23-17-6-13(20-10-3-4-11(20)9-25-8-10)12(19)5-14(17)21(15)18(22)24-16/h5-6,10-11,15-16H,2-4,7-9H2,1H3/t10?,11?,15-,16-/m0/s1. The maximum Gasteiger partial charge on any atom is 0.415 e. The van der Waals surface area contributed by atoms with Crippen LogP contribution in [-0.2, 0) is 4.74 Å². The Kier molecular flexibility index (Phi) is 3.55. The highest BCUT2D eigenvalue weighted by Gasteiger charge is 2.46. The molecule has 0 N–H and O–H groups in total. The highest BCUT2D eigenvalue weighted by atomic mass is 32.2. The minimum atomic E-state index is -0.400. The largest absolute Gasteiger partial charge is 0.489 e. The lowest BCUT2D eigenvalue weighted by molar-refractivity contribution is 0.119. The molecule has 7 heteroatoms. The normalized spacial score (nSPS) is 33.0. The number of thioether (sulfide) groups is 1. The first kappa shape index (κ1) is 15.6. The van der Waals surface area contributed by atoms with Crippen molar-refractivity contribution in [3.8, 4) is 5.75 Å². The van der Waals surface area contributed by atoms with Gasteiger partial charge in [-0.1, -0.05) is 6.92 Å². The minimum absolute atomic E-state index is 0.169. The van der Waals surface area contributed by atoms with Crippen molar-refractivity contribution in [1.82, 2.24) is 0 Å².